The first-order valence-electron chi connectivity index (χ1n) is 11.9. The van der Waals surface area contributed by atoms with Crippen LogP contribution in [0.2, 0.25) is 0 Å². The largest absolute Gasteiger partial charge is 0.478 e. The van der Waals surface area contributed by atoms with Crippen LogP contribution < -0.4 is 5.32 Å². The van der Waals surface area contributed by atoms with Gasteiger partial charge in [0.25, 0.3) is 5.91 Å². The molecule has 3 heterocycles. The van der Waals surface area contributed by atoms with E-state index in [0.717, 1.165) is 27.5 Å². The zero-order valence-electron chi connectivity index (χ0n) is 20.0. The van der Waals surface area contributed by atoms with Crippen LogP contribution in [0.1, 0.15) is 37.8 Å². The van der Waals surface area contributed by atoms with Crippen molar-refractivity contribution in [3.8, 4) is 11.1 Å². The molecule has 3 aromatic carbocycles. The predicted octanol–water partition coefficient (Wildman–Crippen LogP) is 4.76. The Morgan fingerprint density at radius 2 is 1.66 bits per heavy atom. The van der Waals surface area contributed by atoms with Crippen LogP contribution in [0.4, 0.5) is 0 Å². The van der Waals surface area contributed by atoms with Crippen molar-refractivity contribution < 1.29 is 19.2 Å². The van der Waals surface area contributed by atoms with E-state index in [9.17, 15) is 9.59 Å². The van der Waals surface area contributed by atoms with Crippen molar-refractivity contribution >= 4 is 28.3 Å². The molecular weight excluding hydrogens is 482 g/mol. The molecule has 0 saturated carbocycles. The summed E-state index contributed by atoms with van der Waals surface area (Å²) < 4.78 is 6.76. The van der Waals surface area contributed by atoms with Crippen LogP contribution in [0.25, 0.3) is 27.5 Å². The Hall–Kier alpha value is -5.31. The van der Waals surface area contributed by atoms with Gasteiger partial charge in [-0.1, -0.05) is 59.8 Å². The van der Waals surface area contributed by atoms with Gasteiger partial charge in [0, 0.05) is 18.5 Å². The first-order valence-corrected chi connectivity index (χ1v) is 11.9. The third-order valence-corrected chi connectivity index (χ3v) is 6.40. The highest BCUT2D eigenvalue weighted by Gasteiger charge is 2.19. The lowest BCUT2D eigenvalue weighted by Crippen LogP contribution is -2.25. The summed E-state index contributed by atoms with van der Waals surface area (Å²) in [5.41, 5.74) is 4.33. The molecule has 0 bridgehead atoms. The average molecular weight is 504 g/mol. The van der Waals surface area contributed by atoms with Crippen LogP contribution in [0.5, 0.6) is 0 Å². The molecule has 0 fully saturated rings. The van der Waals surface area contributed by atoms with Crippen LogP contribution in [0.15, 0.2) is 95.8 Å². The maximum atomic E-state index is 13.5. The number of benzene rings is 3. The molecule has 3 aromatic heterocycles. The minimum Gasteiger partial charge on any atom is -0.478 e. The molecule has 9 heteroatoms. The lowest BCUT2D eigenvalue weighted by Gasteiger charge is -2.11. The van der Waals surface area contributed by atoms with Crippen molar-refractivity contribution in [1.82, 2.24) is 25.1 Å². The van der Waals surface area contributed by atoms with Gasteiger partial charge >= 0.3 is 5.97 Å². The fourth-order valence-corrected chi connectivity index (χ4v) is 4.44. The number of pyridine rings is 1. The zero-order valence-corrected chi connectivity index (χ0v) is 20.0. The standard InChI is InChI=1S/C29H21N5O4/c35-28(30-15-18-5-9-21(10-6-18)29(36)37)25-13-23(24-16-31-38-17-24)14-27-33-32-26(34(25)27)12-19-7-8-20-3-1-2-4-22(20)11-19/h1-11,13-14,16-17H,12,15H2,(H,30,35)(H,36,37). The summed E-state index contributed by atoms with van der Waals surface area (Å²) >= 11 is 0. The number of amides is 1. The Kier molecular flexibility index (Phi) is 5.85. The molecule has 2 N–H and O–H groups in total. The van der Waals surface area contributed by atoms with Crippen LogP contribution in [0.3, 0.4) is 0 Å². The van der Waals surface area contributed by atoms with E-state index in [0.29, 0.717) is 29.1 Å². The summed E-state index contributed by atoms with van der Waals surface area (Å²) in [7, 11) is 0. The van der Waals surface area contributed by atoms with E-state index in [-0.39, 0.29) is 18.0 Å². The fourth-order valence-electron chi connectivity index (χ4n) is 4.44. The molecule has 6 aromatic rings. The number of carbonyl (C=O) groups excluding carboxylic acids is 1. The molecular formula is C29H21N5O4. The third-order valence-electron chi connectivity index (χ3n) is 6.40. The molecule has 6 rings (SSSR count). The second kappa shape index (κ2) is 9.62. The predicted molar refractivity (Wildman–Crippen MR) is 140 cm³/mol. The molecule has 0 radical (unpaired) electrons. The van der Waals surface area contributed by atoms with Crippen LogP contribution >= 0.6 is 0 Å². The molecule has 1 amide bonds. The van der Waals surface area contributed by atoms with E-state index in [2.05, 4.69) is 51.0 Å². The maximum absolute atomic E-state index is 13.5. The molecule has 0 spiro atoms. The number of nitrogens with zero attached hydrogens (tertiary/aromatic N) is 4. The van der Waals surface area contributed by atoms with Gasteiger partial charge < -0.3 is 14.9 Å². The van der Waals surface area contributed by atoms with Gasteiger partial charge in [0.2, 0.25) is 0 Å². The van der Waals surface area contributed by atoms with E-state index >= 15 is 0 Å². The molecule has 0 aliphatic heterocycles. The first kappa shape index (κ1) is 23.1. The Morgan fingerprint density at radius 3 is 2.42 bits per heavy atom. The summed E-state index contributed by atoms with van der Waals surface area (Å²) in [5, 5.41) is 26.9. The lowest BCUT2D eigenvalue weighted by molar-refractivity contribution is 0.0696. The average Bonchev–Trinajstić information content (AvgIpc) is 3.62. The van der Waals surface area contributed by atoms with Gasteiger partial charge in [-0.2, -0.15) is 0 Å². The number of carboxylic acids is 1. The molecule has 9 nitrogen and oxygen atoms in total. The van der Waals surface area contributed by atoms with Crippen molar-refractivity contribution in [3.63, 3.8) is 0 Å². The molecule has 0 aliphatic rings. The summed E-state index contributed by atoms with van der Waals surface area (Å²) in [6.07, 6.45) is 3.56. The van der Waals surface area contributed by atoms with Crippen LogP contribution in [-0.2, 0) is 13.0 Å². The summed E-state index contributed by atoms with van der Waals surface area (Å²) in [4.78, 5) is 24.6. The topological polar surface area (TPSA) is 123 Å². The lowest BCUT2D eigenvalue weighted by atomic mass is 10.0. The van der Waals surface area contributed by atoms with Crippen molar-refractivity contribution in [2.24, 2.45) is 0 Å². The number of hydrogen-bond acceptors (Lipinski definition) is 6. The molecule has 38 heavy (non-hydrogen) atoms. The van der Waals surface area contributed by atoms with Crippen LogP contribution in [-0.4, -0.2) is 36.7 Å². The minimum atomic E-state index is -1.000. The minimum absolute atomic E-state index is 0.186. The normalized spacial score (nSPS) is 11.2. The second-order valence-corrected chi connectivity index (χ2v) is 8.90. The highest BCUT2D eigenvalue weighted by Crippen LogP contribution is 2.24. The van der Waals surface area contributed by atoms with E-state index < -0.39 is 5.97 Å². The number of hydrogen-bond donors (Lipinski definition) is 2. The number of carbonyl (C=O) groups is 2. The summed E-state index contributed by atoms with van der Waals surface area (Å²) in [6, 6.07) is 24.3. The van der Waals surface area contributed by atoms with Crippen molar-refractivity contribution in [1.29, 1.82) is 0 Å². The van der Waals surface area contributed by atoms with Gasteiger partial charge in [0.1, 0.15) is 17.8 Å². The van der Waals surface area contributed by atoms with E-state index in [1.165, 1.54) is 18.4 Å². The monoisotopic (exact) mass is 503 g/mol. The molecule has 0 aliphatic carbocycles. The Balaban J connectivity index is 1.35. The number of carboxylic acid groups (broad SMARTS) is 1. The first-order chi connectivity index (χ1) is 18.5. The van der Waals surface area contributed by atoms with Gasteiger partial charge in [-0.3, -0.25) is 9.20 Å². The van der Waals surface area contributed by atoms with Gasteiger partial charge in [-0.05, 0) is 51.7 Å². The van der Waals surface area contributed by atoms with Crippen molar-refractivity contribution in [3.05, 3.63) is 120 Å². The van der Waals surface area contributed by atoms with Crippen molar-refractivity contribution in [2.45, 2.75) is 13.0 Å². The van der Waals surface area contributed by atoms with E-state index in [4.69, 9.17) is 9.63 Å². The Labute approximate surface area is 216 Å². The molecule has 186 valence electrons. The number of aromatic carboxylic acids is 1. The number of nitrogens with one attached hydrogen (secondary N) is 1. The second-order valence-electron chi connectivity index (χ2n) is 8.90. The van der Waals surface area contributed by atoms with Crippen molar-refractivity contribution in [2.75, 3.05) is 0 Å². The summed E-state index contributed by atoms with van der Waals surface area (Å²) in [6.45, 7) is 0.222. The van der Waals surface area contributed by atoms with Gasteiger partial charge in [-0.25, -0.2) is 4.79 Å². The highest BCUT2D eigenvalue weighted by atomic mass is 16.5. The quantitative estimate of drug-likeness (QED) is 0.322. The molecule has 0 atom stereocenters. The smallest absolute Gasteiger partial charge is 0.335 e. The SMILES string of the molecule is O=C(O)c1ccc(CNC(=O)c2cc(-c3cnoc3)cc3nnc(Cc4ccc5ccccc5c4)n23)cc1. The maximum Gasteiger partial charge on any atom is 0.335 e. The van der Waals surface area contributed by atoms with Crippen LogP contribution in [0, 0.1) is 0 Å². The molecule has 0 unspecified atom stereocenters. The highest BCUT2D eigenvalue weighted by molar-refractivity contribution is 5.95. The Morgan fingerprint density at radius 1 is 0.868 bits per heavy atom. The third kappa shape index (κ3) is 4.48. The number of rotatable bonds is 7. The Bertz CT molecular complexity index is 1790. The van der Waals surface area contributed by atoms with E-state index in [1.54, 1.807) is 28.8 Å². The van der Waals surface area contributed by atoms with Gasteiger partial charge in [0.05, 0.1) is 11.8 Å². The van der Waals surface area contributed by atoms with Gasteiger partial charge in [0.15, 0.2) is 5.65 Å². The van der Waals surface area contributed by atoms with E-state index in [1.807, 2.05) is 18.2 Å². The zero-order chi connectivity index (χ0) is 26.1. The number of fused-ring (bicyclic) bond motifs is 2. The summed E-state index contributed by atoms with van der Waals surface area (Å²) in [5.74, 6) is -0.696. The number of aromatic nitrogens is 4. The fraction of sp³-hybridized carbons (Fsp3) is 0.0690. The molecule has 0 saturated heterocycles. The van der Waals surface area contributed by atoms with Gasteiger partial charge in [-0.15, -0.1) is 10.2 Å².